The predicted molar refractivity (Wildman–Crippen MR) is 196 cm³/mol. The molecule has 0 radical (unpaired) electrons. The first kappa shape index (κ1) is 43.7. The number of amides is 5. The Morgan fingerprint density at radius 3 is 2.35 bits per heavy atom. The van der Waals surface area contributed by atoms with Gasteiger partial charge in [-0.25, -0.2) is 4.68 Å². The van der Waals surface area contributed by atoms with Crippen LogP contribution in [0.15, 0.2) is 36.5 Å². The van der Waals surface area contributed by atoms with Gasteiger partial charge in [-0.15, -0.1) is 5.10 Å². The van der Waals surface area contributed by atoms with Gasteiger partial charge in [0.25, 0.3) is 0 Å². The lowest BCUT2D eigenvalue weighted by Crippen LogP contribution is -2.53. The number of guanidine groups is 1. The summed E-state index contributed by atoms with van der Waals surface area (Å²) in [5.41, 5.74) is 11.8. The maximum absolute atomic E-state index is 14.0. The zero-order chi connectivity index (χ0) is 40.0. The number of carboxylic acids is 1. The molecule has 1 aliphatic heterocycles. The average Bonchev–Trinajstić information content (AvgIpc) is 3.63. The van der Waals surface area contributed by atoms with Gasteiger partial charge < -0.3 is 57.9 Å². The second-order valence-corrected chi connectivity index (χ2v) is 12.7. The van der Waals surface area contributed by atoms with Crippen LogP contribution < -0.4 is 43.4 Å². The summed E-state index contributed by atoms with van der Waals surface area (Å²) in [6.45, 7) is 1.09. The van der Waals surface area contributed by atoms with E-state index in [1.165, 1.54) is 10.9 Å². The number of nitrogens with one attached hydrogen (secondary N) is 7. The molecule has 302 valence electrons. The topological polar surface area (TPSA) is 320 Å². The molecule has 3 rings (SSSR count). The number of carbonyl (C=O) groups is 6. The van der Waals surface area contributed by atoms with Crippen molar-refractivity contribution in [1.82, 2.24) is 46.9 Å². The fraction of sp³-hybridized carbons (Fsp3) is 0.559. The van der Waals surface area contributed by atoms with Crippen LogP contribution in [0.1, 0.15) is 61.9 Å². The van der Waals surface area contributed by atoms with E-state index in [-0.39, 0.29) is 56.6 Å². The highest BCUT2D eigenvalue weighted by atomic mass is 16.5. The van der Waals surface area contributed by atoms with Gasteiger partial charge in [-0.1, -0.05) is 35.5 Å². The summed E-state index contributed by atoms with van der Waals surface area (Å²) in [5.74, 6) is -4.85. The molecule has 0 aliphatic carbocycles. The number of aromatic nitrogens is 3. The molecule has 1 aliphatic rings. The Morgan fingerprint density at radius 1 is 0.891 bits per heavy atom. The first-order valence-corrected chi connectivity index (χ1v) is 18.0. The van der Waals surface area contributed by atoms with E-state index in [2.05, 4.69) is 42.2 Å². The van der Waals surface area contributed by atoms with Crippen molar-refractivity contribution in [3.63, 3.8) is 0 Å². The Hall–Kier alpha value is -5.67. The smallest absolute Gasteiger partial charge is 0.305 e. The van der Waals surface area contributed by atoms with Crippen LogP contribution in [-0.2, 0) is 44.7 Å². The molecule has 4 atom stereocenters. The van der Waals surface area contributed by atoms with Crippen LogP contribution in [0.25, 0.3) is 0 Å². The standard InChI is InChI=1S/C34H52N12O9/c35-11-14-54-15-16-55-21-29(48)38-12-5-4-10-27-33(53)42-23(9-6-13-39-34(36)37)31(51)40-19-28(47)41-25(18-30(49)50)32(52)43-24(26-20-46(27)45-44-26)17-22-7-2-1-3-8-22/h1-3,7-8,20,23-25,27H,4-6,9-19,21,35H2,(H,38,48)(H,40,51)(H,41,47)(H,42,53)(H,43,52)(H,49,50)(H4,36,37,39)/t23-,24-,25-,27-/m0/s1. The number of unbranched alkanes of at least 4 members (excludes halogenated alkanes) is 1. The predicted octanol–water partition coefficient (Wildman–Crippen LogP) is -2.67. The van der Waals surface area contributed by atoms with E-state index >= 15 is 0 Å². The molecular formula is C34H52N12O9. The third-order valence-corrected chi connectivity index (χ3v) is 8.27. The molecular weight excluding hydrogens is 720 g/mol. The third-order valence-electron chi connectivity index (χ3n) is 8.27. The van der Waals surface area contributed by atoms with E-state index in [0.29, 0.717) is 45.6 Å². The molecule has 21 nitrogen and oxygen atoms in total. The van der Waals surface area contributed by atoms with Crippen molar-refractivity contribution in [3.8, 4) is 0 Å². The van der Waals surface area contributed by atoms with Gasteiger partial charge in [0, 0.05) is 19.6 Å². The molecule has 0 spiro atoms. The van der Waals surface area contributed by atoms with Gasteiger partial charge in [-0.05, 0) is 44.1 Å². The van der Waals surface area contributed by atoms with Crippen LogP contribution in [0.3, 0.4) is 0 Å². The van der Waals surface area contributed by atoms with Crippen LogP contribution in [0.4, 0.5) is 0 Å². The van der Waals surface area contributed by atoms with E-state index in [1.54, 1.807) is 0 Å². The molecule has 2 aromatic rings. The molecule has 55 heavy (non-hydrogen) atoms. The zero-order valence-corrected chi connectivity index (χ0v) is 30.6. The minimum absolute atomic E-state index is 0.0885. The fourth-order valence-electron chi connectivity index (χ4n) is 5.53. The summed E-state index contributed by atoms with van der Waals surface area (Å²) in [6.07, 6.45) is 2.48. The van der Waals surface area contributed by atoms with Crippen molar-refractivity contribution >= 4 is 41.5 Å². The number of rotatable bonds is 20. The zero-order valence-electron chi connectivity index (χ0n) is 30.6. The number of fused-ring (bicyclic) bond motifs is 2. The molecule has 0 fully saturated rings. The minimum atomic E-state index is -1.49. The first-order valence-electron chi connectivity index (χ1n) is 18.0. The monoisotopic (exact) mass is 772 g/mol. The third kappa shape index (κ3) is 16.5. The van der Waals surface area contributed by atoms with Crippen LogP contribution in [-0.4, -0.2) is 126 Å². The van der Waals surface area contributed by atoms with Gasteiger partial charge in [0.05, 0.1) is 45.0 Å². The van der Waals surface area contributed by atoms with Crippen molar-refractivity contribution in [2.45, 2.75) is 69.1 Å². The molecule has 2 bridgehead atoms. The Kier molecular flexibility index (Phi) is 19.0. The van der Waals surface area contributed by atoms with Gasteiger partial charge in [-0.2, -0.15) is 0 Å². The highest BCUT2D eigenvalue weighted by molar-refractivity contribution is 5.94. The number of aliphatic carboxylic acids is 1. The Balaban J connectivity index is 1.86. The van der Waals surface area contributed by atoms with Crippen LogP contribution >= 0.6 is 0 Å². The maximum Gasteiger partial charge on any atom is 0.305 e. The van der Waals surface area contributed by atoms with Gasteiger partial charge in [0.2, 0.25) is 29.5 Å². The summed E-state index contributed by atoms with van der Waals surface area (Å²) in [7, 11) is 0. The van der Waals surface area contributed by atoms with E-state index in [4.69, 9.17) is 26.4 Å². The van der Waals surface area contributed by atoms with Gasteiger partial charge in [0.15, 0.2) is 5.96 Å². The Labute approximate surface area is 317 Å². The highest BCUT2D eigenvalue weighted by Crippen LogP contribution is 2.21. The van der Waals surface area contributed by atoms with E-state index in [0.717, 1.165) is 5.56 Å². The molecule has 12 N–H and O–H groups in total. The summed E-state index contributed by atoms with van der Waals surface area (Å²) in [6, 6.07) is 4.64. The number of hydrogen-bond acceptors (Lipinski definition) is 12. The van der Waals surface area contributed by atoms with E-state index < -0.39 is 66.7 Å². The summed E-state index contributed by atoms with van der Waals surface area (Å²) >= 11 is 0. The summed E-state index contributed by atoms with van der Waals surface area (Å²) in [5, 5.41) is 41.2. The second kappa shape index (κ2) is 23.9. The molecule has 0 saturated heterocycles. The minimum Gasteiger partial charge on any atom is -0.481 e. The SMILES string of the molecule is N=C(N)NCCC[C@@H]1NC(=O)[C@H](CCCCNC(=O)COCCOCCN)n2cc(nn2)[C@H](Cc2ccccc2)NC(=O)[C@H](CC(=O)O)NC(=O)CNC1=O. The lowest BCUT2D eigenvalue weighted by molar-refractivity contribution is -0.141. The number of ether oxygens (including phenoxy) is 2. The van der Waals surface area contributed by atoms with Gasteiger partial charge >= 0.3 is 5.97 Å². The number of nitrogens with zero attached hydrogens (tertiary/aromatic N) is 3. The number of hydrogen-bond donors (Lipinski definition) is 10. The van der Waals surface area contributed by atoms with Gasteiger partial charge in [0.1, 0.15) is 30.4 Å². The average molecular weight is 773 g/mol. The summed E-state index contributed by atoms with van der Waals surface area (Å²) < 4.78 is 11.8. The van der Waals surface area contributed by atoms with E-state index in [9.17, 15) is 33.9 Å². The van der Waals surface area contributed by atoms with Crippen molar-refractivity contribution in [2.24, 2.45) is 11.5 Å². The quantitative estimate of drug-likeness (QED) is 0.0373. The Bertz CT molecular complexity index is 1580. The second-order valence-electron chi connectivity index (χ2n) is 12.7. The number of benzene rings is 1. The first-order chi connectivity index (χ1) is 26.5. The lowest BCUT2D eigenvalue weighted by Gasteiger charge is -2.24. The molecule has 1 aromatic carbocycles. The largest absolute Gasteiger partial charge is 0.481 e. The van der Waals surface area contributed by atoms with Crippen molar-refractivity contribution in [1.29, 1.82) is 5.41 Å². The van der Waals surface area contributed by atoms with Crippen molar-refractivity contribution < 1.29 is 43.3 Å². The van der Waals surface area contributed by atoms with Crippen molar-refractivity contribution in [3.05, 3.63) is 47.8 Å². The molecule has 0 unspecified atom stereocenters. The molecule has 0 saturated carbocycles. The van der Waals surface area contributed by atoms with Crippen molar-refractivity contribution in [2.75, 3.05) is 52.6 Å². The van der Waals surface area contributed by atoms with Gasteiger partial charge in [-0.3, -0.25) is 34.2 Å². The summed E-state index contributed by atoms with van der Waals surface area (Å²) in [4.78, 5) is 77.6. The van der Waals surface area contributed by atoms with Crippen LogP contribution in [0.2, 0.25) is 0 Å². The fourth-order valence-corrected chi connectivity index (χ4v) is 5.53. The number of nitrogens with two attached hydrogens (primary N) is 2. The molecule has 21 heteroatoms. The number of carboxylic acid groups (broad SMARTS) is 1. The van der Waals surface area contributed by atoms with E-state index in [1.807, 2.05) is 30.3 Å². The molecule has 1 aromatic heterocycles. The molecule has 5 amide bonds. The van der Waals surface area contributed by atoms with Crippen LogP contribution in [0, 0.1) is 5.41 Å². The maximum atomic E-state index is 14.0. The van der Waals surface area contributed by atoms with Crippen LogP contribution in [0.5, 0.6) is 0 Å². The number of carbonyl (C=O) groups excluding carboxylic acids is 5. The molecule has 2 heterocycles. The lowest BCUT2D eigenvalue weighted by atomic mass is 10.0. The Morgan fingerprint density at radius 2 is 1.62 bits per heavy atom. The highest BCUT2D eigenvalue weighted by Gasteiger charge is 2.31. The normalized spacial score (nSPS) is 19.4.